The van der Waals surface area contributed by atoms with Crippen molar-refractivity contribution in [1.29, 1.82) is 5.26 Å². The molecule has 0 aromatic heterocycles. The minimum atomic E-state index is -0.0909. The van der Waals surface area contributed by atoms with E-state index in [4.69, 9.17) is 10.3 Å². The zero-order valence-corrected chi connectivity index (χ0v) is 13.5. The predicted octanol–water partition coefficient (Wildman–Crippen LogP) is 3.06. The molecule has 4 aliphatic rings. The van der Waals surface area contributed by atoms with Gasteiger partial charge in [0.25, 0.3) is 0 Å². The highest BCUT2D eigenvalue weighted by Gasteiger charge is 2.63. The largest absolute Gasteiger partial charge is 0.300 e. The fourth-order valence-corrected chi connectivity index (χ4v) is 5.45. The van der Waals surface area contributed by atoms with Crippen molar-refractivity contribution in [2.24, 2.45) is 28.7 Å². The topological polar surface area (TPSA) is 39.4 Å². The van der Waals surface area contributed by atoms with Gasteiger partial charge in [-0.3, -0.25) is 9.89 Å². The van der Waals surface area contributed by atoms with Crippen LogP contribution in [0.15, 0.2) is 29.3 Å². The van der Waals surface area contributed by atoms with Gasteiger partial charge in [-0.25, -0.2) is 0 Å². The molecule has 2 fully saturated rings. The molecule has 0 radical (unpaired) electrons. The van der Waals surface area contributed by atoms with Gasteiger partial charge >= 0.3 is 0 Å². The number of hydrogen-bond acceptors (Lipinski definition) is 3. The molecule has 0 unspecified atom stereocenters. The predicted molar refractivity (Wildman–Crippen MR) is 87.7 cm³/mol. The number of benzene rings is 1. The van der Waals surface area contributed by atoms with Gasteiger partial charge in [0.15, 0.2) is 0 Å². The van der Waals surface area contributed by atoms with Gasteiger partial charge in [0, 0.05) is 24.7 Å². The SMILES string of the molecule is CC(C)[C@@H]1[C@@H]2C=N[C@@]3(c4ccc(C#N)cc4)[C@@H](C2)CN(C)[C@@H]13. The lowest BCUT2D eigenvalue weighted by atomic mass is 9.57. The van der Waals surface area contributed by atoms with Crippen molar-refractivity contribution in [3.63, 3.8) is 0 Å². The first-order valence-corrected chi connectivity index (χ1v) is 8.34. The molecule has 22 heavy (non-hydrogen) atoms. The smallest absolute Gasteiger partial charge is 0.105 e. The Hall–Kier alpha value is -1.66. The number of nitrogens with zero attached hydrogens (tertiary/aromatic N) is 3. The summed E-state index contributed by atoms with van der Waals surface area (Å²) >= 11 is 0. The van der Waals surface area contributed by atoms with Crippen molar-refractivity contribution < 1.29 is 0 Å². The lowest BCUT2D eigenvalue weighted by molar-refractivity contribution is 0.0529. The van der Waals surface area contributed by atoms with Crippen LogP contribution in [0.3, 0.4) is 0 Å². The maximum Gasteiger partial charge on any atom is 0.105 e. The van der Waals surface area contributed by atoms with E-state index in [1.807, 2.05) is 12.1 Å². The molecule has 1 aromatic carbocycles. The summed E-state index contributed by atoms with van der Waals surface area (Å²) in [5, 5.41) is 9.05. The van der Waals surface area contributed by atoms with E-state index in [0.29, 0.717) is 29.7 Å². The number of likely N-dealkylation sites (N-methyl/N-ethyl adjacent to an activating group) is 1. The summed E-state index contributed by atoms with van der Waals surface area (Å²) in [7, 11) is 2.27. The van der Waals surface area contributed by atoms with E-state index in [1.54, 1.807) is 0 Å². The molecule has 5 atom stereocenters. The van der Waals surface area contributed by atoms with Crippen molar-refractivity contribution in [1.82, 2.24) is 4.90 Å². The standard InChI is InChI=1S/C19H23N3/c1-12(2)17-14-8-16-11-22(3)18(17)19(16,21-10-14)15-6-4-13(9-20)5-7-15/h4-7,10,12,14,16-18H,8,11H2,1-3H3/t14-,16-,17+,18-,19-/m0/s1. The van der Waals surface area contributed by atoms with Crippen LogP contribution in [0, 0.1) is 35.0 Å². The first-order valence-electron chi connectivity index (χ1n) is 8.34. The van der Waals surface area contributed by atoms with Crippen molar-refractivity contribution >= 4 is 6.21 Å². The first-order chi connectivity index (χ1) is 10.6. The Balaban J connectivity index is 1.86. The maximum atomic E-state index is 9.05. The molecule has 0 N–H and O–H groups in total. The average Bonchev–Trinajstić information content (AvgIpc) is 2.74. The van der Waals surface area contributed by atoms with Gasteiger partial charge in [-0.15, -0.1) is 0 Å². The number of hydrogen-bond donors (Lipinski definition) is 0. The Morgan fingerprint density at radius 2 is 2.05 bits per heavy atom. The quantitative estimate of drug-likeness (QED) is 0.840. The minimum absolute atomic E-state index is 0.0909. The van der Waals surface area contributed by atoms with Crippen LogP contribution in [-0.4, -0.2) is 30.7 Å². The zero-order chi connectivity index (χ0) is 15.5. The Labute approximate surface area is 132 Å². The van der Waals surface area contributed by atoms with Crippen LogP contribution in [0.5, 0.6) is 0 Å². The monoisotopic (exact) mass is 293 g/mol. The summed E-state index contributed by atoms with van der Waals surface area (Å²) in [6.07, 6.45) is 3.50. The van der Waals surface area contributed by atoms with E-state index in [0.717, 1.165) is 12.1 Å². The summed E-state index contributed by atoms with van der Waals surface area (Å²) in [6.45, 7) is 5.85. The van der Waals surface area contributed by atoms with Crippen LogP contribution < -0.4 is 0 Å². The molecule has 5 rings (SSSR count). The molecule has 3 heterocycles. The molecule has 3 nitrogen and oxygen atoms in total. The summed E-state index contributed by atoms with van der Waals surface area (Å²) in [4.78, 5) is 7.66. The Morgan fingerprint density at radius 1 is 1.32 bits per heavy atom. The van der Waals surface area contributed by atoms with Gasteiger partial charge in [-0.1, -0.05) is 26.0 Å². The van der Waals surface area contributed by atoms with Gasteiger partial charge in [0.05, 0.1) is 11.6 Å². The number of aliphatic imine (C=N–C) groups is 1. The molecule has 0 amide bonds. The first kappa shape index (κ1) is 14.0. The summed E-state index contributed by atoms with van der Waals surface area (Å²) in [5.74, 6) is 2.60. The molecular formula is C19H23N3. The van der Waals surface area contributed by atoms with Crippen molar-refractivity contribution in [3.05, 3.63) is 35.4 Å². The highest BCUT2D eigenvalue weighted by Crippen LogP contribution is 2.59. The second-order valence-corrected chi connectivity index (χ2v) is 7.59. The molecule has 114 valence electrons. The molecule has 4 bridgehead atoms. The fourth-order valence-electron chi connectivity index (χ4n) is 5.45. The van der Waals surface area contributed by atoms with E-state index in [-0.39, 0.29) is 5.54 Å². The molecule has 1 saturated heterocycles. The number of nitriles is 1. The molecule has 1 saturated carbocycles. The van der Waals surface area contributed by atoms with Crippen LogP contribution >= 0.6 is 0 Å². The molecule has 1 aromatic rings. The van der Waals surface area contributed by atoms with Crippen LogP contribution in [0.25, 0.3) is 0 Å². The average molecular weight is 293 g/mol. The third kappa shape index (κ3) is 1.62. The van der Waals surface area contributed by atoms with Crippen LogP contribution in [-0.2, 0) is 5.54 Å². The van der Waals surface area contributed by atoms with Gasteiger partial charge in [-0.2, -0.15) is 5.26 Å². The Morgan fingerprint density at radius 3 is 2.68 bits per heavy atom. The van der Waals surface area contributed by atoms with Gasteiger partial charge in [0.2, 0.25) is 0 Å². The van der Waals surface area contributed by atoms with Crippen molar-refractivity contribution in [2.45, 2.75) is 31.8 Å². The summed E-state index contributed by atoms with van der Waals surface area (Å²) < 4.78 is 0. The highest BCUT2D eigenvalue weighted by molar-refractivity contribution is 5.67. The molecule has 1 aliphatic carbocycles. The number of rotatable bonds is 2. The van der Waals surface area contributed by atoms with Gasteiger partial charge < -0.3 is 0 Å². The lowest BCUT2D eigenvalue weighted by Gasteiger charge is -2.53. The van der Waals surface area contributed by atoms with Crippen LogP contribution in [0.1, 0.15) is 31.4 Å². The molecular weight excluding hydrogens is 270 g/mol. The summed E-state index contributed by atoms with van der Waals surface area (Å²) in [6, 6.07) is 10.9. The van der Waals surface area contributed by atoms with Gasteiger partial charge in [-0.05, 0) is 48.9 Å². The summed E-state index contributed by atoms with van der Waals surface area (Å²) in [5.41, 5.74) is 1.94. The second kappa shape index (κ2) is 4.67. The molecule has 3 heteroatoms. The molecule has 0 spiro atoms. The van der Waals surface area contributed by atoms with Crippen molar-refractivity contribution in [2.75, 3.05) is 13.6 Å². The van der Waals surface area contributed by atoms with E-state index in [2.05, 4.69) is 50.2 Å². The second-order valence-electron chi connectivity index (χ2n) is 7.59. The highest BCUT2D eigenvalue weighted by atomic mass is 15.2. The minimum Gasteiger partial charge on any atom is -0.300 e. The van der Waals surface area contributed by atoms with Crippen LogP contribution in [0.2, 0.25) is 0 Å². The fraction of sp³-hybridized carbons (Fsp3) is 0.579. The van der Waals surface area contributed by atoms with Gasteiger partial charge in [0.1, 0.15) is 5.54 Å². The lowest BCUT2D eigenvalue weighted by Crippen LogP contribution is -2.58. The number of likely N-dealkylation sites (tertiary alicyclic amines) is 1. The Kier molecular flexibility index (Phi) is 2.96. The molecule has 3 aliphatic heterocycles. The third-order valence-corrected chi connectivity index (χ3v) is 6.20. The van der Waals surface area contributed by atoms with Crippen LogP contribution in [0.4, 0.5) is 0 Å². The third-order valence-electron chi connectivity index (χ3n) is 6.20. The normalized spacial score (nSPS) is 39.4. The van der Waals surface area contributed by atoms with Crippen molar-refractivity contribution in [3.8, 4) is 6.07 Å². The van der Waals surface area contributed by atoms with E-state index >= 15 is 0 Å². The maximum absolute atomic E-state index is 9.05. The van der Waals surface area contributed by atoms with E-state index in [9.17, 15) is 0 Å². The Bertz CT molecular complexity index is 654. The van der Waals surface area contributed by atoms with E-state index < -0.39 is 0 Å². The zero-order valence-electron chi connectivity index (χ0n) is 13.5. The van der Waals surface area contributed by atoms with E-state index in [1.165, 1.54) is 12.0 Å².